The van der Waals surface area contributed by atoms with Gasteiger partial charge in [0.25, 0.3) is 0 Å². The number of carbonyl (C=O) groups is 2. The maximum atomic E-state index is 13.4. The van der Waals surface area contributed by atoms with E-state index < -0.39 is 0 Å². The van der Waals surface area contributed by atoms with Crippen molar-refractivity contribution in [1.82, 2.24) is 14.7 Å². The third kappa shape index (κ3) is 4.24. The van der Waals surface area contributed by atoms with Crippen LogP contribution in [0.25, 0.3) is 0 Å². The molecule has 1 aromatic carbocycles. The molecule has 152 valence electrons. The van der Waals surface area contributed by atoms with Crippen molar-refractivity contribution in [3.63, 3.8) is 0 Å². The molecule has 0 unspecified atom stereocenters. The Balaban J connectivity index is 1.37. The van der Waals surface area contributed by atoms with Crippen LogP contribution in [-0.4, -0.2) is 65.8 Å². The number of piperidine rings is 1. The van der Waals surface area contributed by atoms with Crippen LogP contribution in [0.3, 0.4) is 0 Å². The molecule has 3 aliphatic rings. The number of nitrogens with zero attached hydrogens (tertiary/aromatic N) is 3. The Hall–Kier alpha value is -1.88. The molecular weight excluding hydrogens is 350 g/mol. The first-order valence-corrected chi connectivity index (χ1v) is 10.8. The monoisotopic (exact) mass is 383 g/mol. The van der Waals surface area contributed by atoms with Gasteiger partial charge in [0, 0.05) is 52.7 Å². The molecular formula is C23H33N3O2. The molecule has 0 N–H and O–H groups in total. The fraction of sp³-hybridized carbons (Fsp3) is 0.652. The largest absolute Gasteiger partial charge is 0.343 e. The van der Waals surface area contributed by atoms with Crippen LogP contribution in [0.1, 0.15) is 38.2 Å². The Morgan fingerprint density at radius 3 is 2.32 bits per heavy atom. The van der Waals surface area contributed by atoms with Gasteiger partial charge in [-0.25, -0.2) is 0 Å². The van der Waals surface area contributed by atoms with Gasteiger partial charge < -0.3 is 9.80 Å². The van der Waals surface area contributed by atoms with Crippen molar-refractivity contribution >= 4 is 11.8 Å². The summed E-state index contributed by atoms with van der Waals surface area (Å²) >= 11 is 0. The molecule has 5 heteroatoms. The number of benzene rings is 1. The molecule has 1 saturated carbocycles. The van der Waals surface area contributed by atoms with Crippen LogP contribution >= 0.6 is 0 Å². The lowest BCUT2D eigenvalue weighted by Crippen LogP contribution is -2.49. The summed E-state index contributed by atoms with van der Waals surface area (Å²) in [6.45, 7) is 6.08. The van der Waals surface area contributed by atoms with Crippen molar-refractivity contribution in [2.75, 3.05) is 33.2 Å². The lowest BCUT2D eigenvalue weighted by molar-refractivity contribution is -0.139. The van der Waals surface area contributed by atoms with E-state index in [1.54, 1.807) is 6.92 Å². The highest BCUT2D eigenvalue weighted by molar-refractivity contribution is 5.80. The van der Waals surface area contributed by atoms with Gasteiger partial charge in [-0.2, -0.15) is 0 Å². The number of hydrogen-bond donors (Lipinski definition) is 0. The maximum Gasteiger partial charge on any atom is 0.227 e. The molecule has 1 aromatic rings. The van der Waals surface area contributed by atoms with Crippen molar-refractivity contribution in [1.29, 1.82) is 0 Å². The molecule has 0 bridgehead atoms. The predicted molar refractivity (Wildman–Crippen MR) is 109 cm³/mol. The van der Waals surface area contributed by atoms with E-state index in [0.717, 1.165) is 51.5 Å². The number of carbonyl (C=O) groups excluding carboxylic acids is 2. The van der Waals surface area contributed by atoms with Crippen LogP contribution in [0, 0.1) is 17.8 Å². The summed E-state index contributed by atoms with van der Waals surface area (Å²) in [7, 11) is 1.88. The van der Waals surface area contributed by atoms with Gasteiger partial charge in [0.1, 0.15) is 0 Å². The van der Waals surface area contributed by atoms with Gasteiger partial charge in [0.2, 0.25) is 11.8 Å². The molecule has 0 radical (unpaired) electrons. The van der Waals surface area contributed by atoms with Crippen LogP contribution in [-0.2, 0) is 16.1 Å². The highest BCUT2D eigenvalue weighted by atomic mass is 16.2. The minimum Gasteiger partial charge on any atom is -0.343 e. The fourth-order valence-corrected chi connectivity index (χ4v) is 5.11. The molecule has 4 rings (SSSR count). The summed E-state index contributed by atoms with van der Waals surface area (Å²) in [5.74, 6) is 1.89. The molecule has 2 saturated heterocycles. The molecule has 2 amide bonds. The fourth-order valence-electron chi connectivity index (χ4n) is 5.11. The lowest BCUT2D eigenvalue weighted by Gasteiger charge is -2.38. The molecule has 1 aliphatic carbocycles. The summed E-state index contributed by atoms with van der Waals surface area (Å²) in [5.41, 5.74) is 1.33. The average Bonchev–Trinajstić information content (AvgIpc) is 3.48. The quantitative estimate of drug-likeness (QED) is 0.785. The first-order chi connectivity index (χ1) is 13.5. The molecule has 0 aromatic heterocycles. The van der Waals surface area contributed by atoms with E-state index >= 15 is 0 Å². The maximum absolute atomic E-state index is 13.4. The number of rotatable bonds is 5. The molecule has 28 heavy (non-hydrogen) atoms. The second-order valence-electron chi connectivity index (χ2n) is 8.97. The molecule has 2 aliphatic heterocycles. The van der Waals surface area contributed by atoms with Gasteiger partial charge >= 0.3 is 0 Å². The van der Waals surface area contributed by atoms with Gasteiger partial charge in [-0.1, -0.05) is 30.3 Å². The molecule has 5 nitrogen and oxygen atoms in total. The zero-order valence-corrected chi connectivity index (χ0v) is 17.2. The Kier molecular flexibility index (Phi) is 5.72. The topological polar surface area (TPSA) is 43.9 Å². The van der Waals surface area contributed by atoms with Crippen molar-refractivity contribution in [2.45, 2.75) is 45.2 Å². The van der Waals surface area contributed by atoms with Gasteiger partial charge in [-0.15, -0.1) is 0 Å². The first-order valence-electron chi connectivity index (χ1n) is 10.8. The average molecular weight is 384 g/mol. The highest BCUT2D eigenvalue weighted by Gasteiger charge is 2.46. The van der Waals surface area contributed by atoms with Crippen LogP contribution < -0.4 is 0 Å². The van der Waals surface area contributed by atoms with Gasteiger partial charge in [0.15, 0.2) is 0 Å². The Morgan fingerprint density at radius 2 is 1.71 bits per heavy atom. The third-order valence-electron chi connectivity index (χ3n) is 7.06. The van der Waals surface area contributed by atoms with Crippen LogP contribution in [0.5, 0.6) is 0 Å². The van der Waals surface area contributed by atoms with E-state index in [1.807, 2.05) is 11.9 Å². The van der Waals surface area contributed by atoms with E-state index in [1.165, 1.54) is 18.4 Å². The van der Waals surface area contributed by atoms with Gasteiger partial charge in [-0.05, 0) is 43.1 Å². The smallest absolute Gasteiger partial charge is 0.227 e. The normalized spacial score (nSPS) is 26.4. The number of likely N-dealkylation sites (tertiary alicyclic amines) is 2. The number of amides is 2. The molecule has 2 atom stereocenters. The lowest BCUT2D eigenvalue weighted by atomic mass is 9.89. The molecule has 2 heterocycles. The zero-order valence-electron chi connectivity index (χ0n) is 17.2. The van der Waals surface area contributed by atoms with Gasteiger partial charge in [-0.3, -0.25) is 14.5 Å². The Morgan fingerprint density at radius 1 is 1.04 bits per heavy atom. The summed E-state index contributed by atoms with van der Waals surface area (Å²) in [6, 6.07) is 10.9. The van der Waals surface area contributed by atoms with Crippen molar-refractivity contribution < 1.29 is 9.59 Å². The minimum atomic E-state index is 0.117. The minimum absolute atomic E-state index is 0.117. The summed E-state index contributed by atoms with van der Waals surface area (Å²) < 4.78 is 0. The van der Waals surface area contributed by atoms with E-state index in [-0.39, 0.29) is 17.9 Å². The summed E-state index contributed by atoms with van der Waals surface area (Å²) in [6.07, 6.45) is 4.38. The van der Waals surface area contributed by atoms with Crippen LogP contribution in [0.4, 0.5) is 0 Å². The van der Waals surface area contributed by atoms with Crippen molar-refractivity contribution in [2.24, 2.45) is 17.8 Å². The van der Waals surface area contributed by atoms with Crippen LogP contribution in [0.2, 0.25) is 0 Å². The Labute approximate surface area is 168 Å². The van der Waals surface area contributed by atoms with Crippen LogP contribution in [0.15, 0.2) is 30.3 Å². The summed E-state index contributed by atoms with van der Waals surface area (Å²) in [5, 5.41) is 0. The SMILES string of the molecule is CC(=O)N(C)C1CCN(C(=O)[C@@H]2CN(Cc3ccccc3)C[C@H]2C2CC2)CC1. The third-order valence-corrected chi connectivity index (χ3v) is 7.06. The van der Waals surface area contributed by atoms with E-state index in [0.29, 0.717) is 11.8 Å². The first kappa shape index (κ1) is 19.4. The zero-order chi connectivity index (χ0) is 19.7. The number of hydrogen-bond acceptors (Lipinski definition) is 3. The molecule has 3 fully saturated rings. The van der Waals surface area contributed by atoms with Crippen molar-refractivity contribution in [3.8, 4) is 0 Å². The van der Waals surface area contributed by atoms with Crippen molar-refractivity contribution in [3.05, 3.63) is 35.9 Å². The Bertz CT molecular complexity index is 695. The van der Waals surface area contributed by atoms with E-state index in [9.17, 15) is 9.59 Å². The summed E-state index contributed by atoms with van der Waals surface area (Å²) in [4.78, 5) is 31.4. The highest BCUT2D eigenvalue weighted by Crippen LogP contribution is 2.45. The van der Waals surface area contributed by atoms with E-state index in [4.69, 9.17) is 0 Å². The van der Waals surface area contributed by atoms with E-state index in [2.05, 4.69) is 40.1 Å². The molecule has 0 spiro atoms. The second kappa shape index (κ2) is 8.24. The van der Waals surface area contributed by atoms with Gasteiger partial charge in [0.05, 0.1) is 5.92 Å². The predicted octanol–water partition coefficient (Wildman–Crippen LogP) is 2.61. The standard InChI is InChI=1S/C23H33N3O2/c1-17(27)24(2)20-10-12-26(13-11-20)23(28)22-16-25(15-21(22)19-8-9-19)14-18-6-4-3-5-7-18/h3-7,19-22H,8-16H2,1-2H3/t21-,22+/m0/s1. The second-order valence-corrected chi connectivity index (χ2v) is 8.97.